The topological polar surface area (TPSA) is 35.5 Å². The van der Waals surface area contributed by atoms with Crippen molar-refractivity contribution in [3.63, 3.8) is 0 Å². The van der Waals surface area contributed by atoms with Gasteiger partial charge < -0.3 is 9.47 Å². The van der Waals surface area contributed by atoms with Crippen molar-refractivity contribution in [3.8, 4) is 11.5 Å². The first-order valence-electron chi connectivity index (χ1n) is 7.76. The maximum Gasteiger partial charge on any atom is 0.231 e. The lowest BCUT2D eigenvalue weighted by molar-refractivity contribution is -0.111. The van der Waals surface area contributed by atoms with E-state index in [9.17, 15) is 4.79 Å². The van der Waals surface area contributed by atoms with Gasteiger partial charge in [0.1, 0.15) is 0 Å². The van der Waals surface area contributed by atoms with E-state index in [1.165, 1.54) is 5.56 Å². The predicted molar refractivity (Wildman–Crippen MR) is 93.5 cm³/mol. The van der Waals surface area contributed by atoms with Crippen LogP contribution in [-0.4, -0.2) is 11.9 Å². The molecule has 0 N–H and O–H groups in total. The molecule has 1 aliphatic rings. The van der Waals surface area contributed by atoms with E-state index in [0.29, 0.717) is 12.3 Å². The Kier molecular flexibility index (Phi) is 4.62. The van der Waals surface area contributed by atoms with Gasteiger partial charge in [-0.3, -0.25) is 4.79 Å². The SMILES string of the molecule is CC(C)c1cc2c(cc1C(CC(=O)S)c1ccccc1)OCO2. The Morgan fingerprint density at radius 3 is 2.26 bits per heavy atom. The zero-order valence-electron chi connectivity index (χ0n) is 13.3. The Morgan fingerprint density at radius 2 is 1.70 bits per heavy atom. The fraction of sp³-hybridized carbons (Fsp3) is 0.316. The number of hydrogen-bond acceptors (Lipinski definition) is 3. The Bertz CT molecular complexity index is 710. The first kappa shape index (κ1) is 15.9. The van der Waals surface area contributed by atoms with Crippen LogP contribution in [0.15, 0.2) is 42.5 Å². The van der Waals surface area contributed by atoms with Crippen LogP contribution < -0.4 is 9.47 Å². The van der Waals surface area contributed by atoms with Crippen LogP contribution in [0.4, 0.5) is 0 Å². The third kappa shape index (κ3) is 3.37. The van der Waals surface area contributed by atoms with E-state index in [4.69, 9.17) is 9.47 Å². The largest absolute Gasteiger partial charge is 0.454 e. The number of thiol groups is 1. The van der Waals surface area contributed by atoms with Crippen molar-refractivity contribution in [2.45, 2.75) is 32.1 Å². The van der Waals surface area contributed by atoms with Crippen LogP contribution in [0.25, 0.3) is 0 Å². The van der Waals surface area contributed by atoms with Crippen LogP contribution in [0.1, 0.15) is 48.8 Å². The zero-order valence-corrected chi connectivity index (χ0v) is 14.2. The second kappa shape index (κ2) is 6.67. The Hall–Kier alpha value is -1.94. The van der Waals surface area contributed by atoms with Crippen molar-refractivity contribution >= 4 is 17.7 Å². The molecule has 0 fully saturated rings. The molecule has 1 aliphatic heterocycles. The fourth-order valence-corrected chi connectivity index (χ4v) is 3.23. The minimum Gasteiger partial charge on any atom is -0.454 e. The third-order valence-corrected chi connectivity index (χ3v) is 4.34. The third-order valence-electron chi connectivity index (χ3n) is 4.16. The highest BCUT2D eigenvalue weighted by Crippen LogP contribution is 2.42. The first-order valence-corrected chi connectivity index (χ1v) is 8.21. The van der Waals surface area contributed by atoms with Crippen LogP contribution in [-0.2, 0) is 4.79 Å². The summed E-state index contributed by atoms with van der Waals surface area (Å²) in [6.45, 7) is 4.54. The molecule has 1 atom stereocenters. The molecule has 0 radical (unpaired) electrons. The van der Waals surface area contributed by atoms with Crippen LogP contribution in [0.2, 0.25) is 0 Å². The Labute approximate surface area is 142 Å². The minimum absolute atomic E-state index is 0.0342. The average Bonchev–Trinajstić information content (AvgIpc) is 2.99. The number of hydrogen-bond donors (Lipinski definition) is 1. The lowest BCUT2D eigenvalue weighted by Gasteiger charge is -2.22. The van der Waals surface area contributed by atoms with E-state index < -0.39 is 0 Å². The van der Waals surface area contributed by atoms with Crippen LogP contribution >= 0.6 is 12.6 Å². The molecule has 0 saturated heterocycles. The highest BCUT2D eigenvalue weighted by Gasteiger charge is 2.25. The van der Waals surface area contributed by atoms with E-state index >= 15 is 0 Å². The van der Waals surface area contributed by atoms with Gasteiger partial charge in [-0.1, -0.05) is 44.2 Å². The highest BCUT2D eigenvalue weighted by molar-refractivity contribution is 7.96. The summed E-state index contributed by atoms with van der Waals surface area (Å²) in [5, 5.41) is -0.119. The summed E-state index contributed by atoms with van der Waals surface area (Å²) in [4.78, 5) is 11.7. The maximum atomic E-state index is 11.7. The fourth-order valence-electron chi connectivity index (χ4n) is 3.04. The summed E-state index contributed by atoms with van der Waals surface area (Å²) in [6, 6.07) is 14.1. The van der Waals surface area contributed by atoms with Crippen LogP contribution in [0.5, 0.6) is 11.5 Å². The van der Waals surface area contributed by atoms with Gasteiger partial charge in [0.05, 0.1) is 0 Å². The van der Waals surface area contributed by atoms with Crippen molar-refractivity contribution in [3.05, 3.63) is 59.2 Å². The molecule has 0 aliphatic carbocycles. The quantitative estimate of drug-likeness (QED) is 0.820. The summed E-state index contributed by atoms with van der Waals surface area (Å²) < 4.78 is 11.0. The van der Waals surface area contributed by atoms with Gasteiger partial charge in [-0.15, -0.1) is 12.6 Å². The molecular weight excluding hydrogens is 308 g/mol. The smallest absolute Gasteiger partial charge is 0.231 e. The van der Waals surface area contributed by atoms with Crippen molar-refractivity contribution in [1.82, 2.24) is 0 Å². The molecule has 3 rings (SSSR count). The molecule has 1 unspecified atom stereocenters. The number of rotatable bonds is 5. The predicted octanol–water partition coefficient (Wildman–Crippen LogP) is 4.52. The number of ether oxygens (including phenoxy) is 2. The Balaban J connectivity index is 2.13. The summed E-state index contributed by atoms with van der Waals surface area (Å²) in [5.41, 5.74) is 3.39. The summed E-state index contributed by atoms with van der Waals surface area (Å²) in [6.07, 6.45) is 0.354. The summed E-state index contributed by atoms with van der Waals surface area (Å²) >= 11 is 4.01. The van der Waals surface area contributed by atoms with E-state index in [0.717, 1.165) is 22.6 Å². The van der Waals surface area contributed by atoms with E-state index in [1.807, 2.05) is 30.3 Å². The van der Waals surface area contributed by atoms with Crippen molar-refractivity contribution in [1.29, 1.82) is 0 Å². The van der Waals surface area contributed by atoms with E-state index in [1.54, 1.807) is 0 Å². The molecule has 120 valence electrons. The van der Waals surface area contributed by atoms with Crippen molar-refractivity contribution < 1.29 is 14.3 Å². The monoisotopic (exact) mass is 328 g/mol. The van der Waals surface area contributed by atoms with Crippen molar-refractivity contribution in [2.24, 2.45) is 0 Å². The van der Waals surface area contributed by atoms with Crippen molar-refractivity contribution in [2.75, 3.05) is 6.79 Å². The number of fused-ring (bicyclic) bond motifs is 1. The van der Waals surface area contributed by atoms with Crippen LogP contribution in [0, 0.1) is 0 Å². The minimum atomic E-state index is -0.119. The number of carbonyl (C=O) groups is 1. The molecule has 1 heterocycles. The lowest BCUT2D eigenvalue weighted by Crippen LogP contribution is -2.09. The van der Waals surface area contributed by atoms with E-state index in [-0.39, 0.29) is 17.8 Å². The maximum absolute atomic E-state index is 11.7. The van der Waals surface area contributed by atoms with Crippen LogP contribution in [0.3, 0.4) is 0 Å². The molecule has 0 spiro atoms. The van der Waals surface area contributed by atoms with Gasteiger partial charge in [0.2, 0.25) is 6.79 Å². The summed E-state index contributed by atoms with van der Waals surface area (Å²) in [7, 11) is 0. The molecular formula is C19H20O3S. The molecule has 2 aromatic carbocycles. The van der Waals surface area contributed by atoms with Gasteiger partial charge in [0.15, 0.2) is 16.6 Å². The molecule has 3 nitrogen and oxygen atoms in total. The zero-order chi connectivity index (χ0) is 16.4. The molecule has 0 aromatic heterocycles. The standard InChI is InChI=1S/C19H20O3S/c1-12(2)14-8-17-18(22-11-21-17)9-16(14)15(10-19(20)23)13-6-4-3-5-7-13/h3-9,12,15H,10-11H2,1-2H3,(H,20,23). The average molecular weight is 328 g/mol. The molecule has 0 amide bonds. The molecule has 0 saturated carbocycles. The molecule has 2 aromatic rings. The van der Waals surface area contributed by atoms with Gasteiger partial charge in [0, 0.05) is 12.3 Å². The highest BCUT2D eigenvalue weighted by atomic mass is 32.1. The second-order valence-corrected chi connectivity index (χ2v) is 6.55. The van der Waals surface area contributed by atoms with Gasteiger partial charge in [-0.05, 0) is 34.7 Å². The van der Waals surface area contributed by atoms with Gasteiger partial charge in [-0.2, -0.15) is 0 Å². The second-order valence-electron chi connectivity index (χ2n) is 6.05. The van der Waals surface area contributed by atoms with Gasteiger partial charge in [-0.25, -0.2) is 0 Å². The number of benzene rings is 2. The summed E-state index contributed by atoms with van der Waals surface area (Å²) in [5.74, 6) is 1.81. The van der Waals surface area contributed by atoms with E-state index in [2.05, 4.69) is 38.6 Å². The lowest BCUT2D eigenvalue weighted by atomic mass is 9.83. The molecule has 23 heavy (non-hydrogen) atoms. The number of carbonyl (C=O) groups excluding carboxylic acids is 1. The van der Waals surface area contributed by atoms with Gasteiger partial charge in [0.25, 0.3) is 0 Å². The Morgan fingerprint density at radius 1 is 1.09 bits per heavy atom. The van der Waals surface area contributed by atoms with Gasteiger partial charge >= 0.3 is 0 Å². The normalized spacial score (nSPS) is 14.1. The first-order chi connectivity index (χ1) is 11.1. The molecule has 0 bridgehead atoms. The molecule has 4 heteroatoms.